The number of rotatable bonds is 11. The number of aromatic nitrogens is 7. The molecule has 8 nitrogen and oxygen atoms in total. The van der Waals surface area contributed by atoms with Crippen molar-refractivity contribution in [3.8, 4) is 22.5 Å². The maximum Gasteiger partial charge on any atom is 0.183 e. The zero-order chi connectivity index (χ0) is 38.5. The summed E-state index contributed by atoms with van der Waals surface area (Å²) in [5, 5.41) is 12.7. The van der Waals surface area contributed by atoms with E-state index in [2.05, 4.69) is 128 Å². The Balaban J connectivity index is 0.000000189. The largest absolute Gasteiger partial charge is 0.384 e. The fourth-order valence-electron chi connectivity index (χ4n) is 6.63. The lowest BCUT2D eigenvalue weighted by molar-refractivity contribution is 0.201. The average Bonchev–Trinajstić information content (AvgIpc) is 3.83. The summed E-state index contributed by atoms with van der Waals surface area (Å²) >= 11 is 0. The molecule has 54 heavy (non-hydrogen) atoms. The predicted octanol–water partition coefficient (Wildman–Crippen LogP) is 10.2. The summed E-state index contributed by atoms with van der Waals surface area (Å²) in [4.78, 5) is 9.39. The van der Waals surface area contributed by atoms with E-state index in [1.807, 2.05) is 54.2 Å². The SMILES string of the molecule is CCCc1nc2c(C)cc(CCOC)nc2n1C.CCc1ccc(-c2ccccc2-c2nnnn2C(C)c2ccccc2)cc1CC.Cc1ccccc1. The highest BCUT2D eigenvalue weighted by Gasteiger charge is 2.19. The Kier molecular flexibility index (Phi) is 14.4. The van der Waals surface area contributed by atoms with Gasteiger partial charge in [-0.15, -0.1) is 5.10 Å². The number of pyridine rings is 1. The summed E-state index contributed by atoms with van der Waals surface area (Å²) in [6, 6.07) is 37.9. The topological polar surface area (TPSA) is 83.5 Å². The van der Waals surface area contributed by atoms with E-state index in [1.54, 1.807) is 7.11 Å². The molecule has 0 saturated carbocycles. The molecule has 0 aliphatic carbocycles. The van der Waals surface area contributed by atoms with Crippen LogP contribution in [-0.2, 0) is 37.5 Å². The van der Waals surface area contributed by atoms with Gasteiger partial charge in [0.2, 0.25) is 0 Å². The predicted molar refractivity (Wildman–Crippen MR) is 222 cm³/mol. The fourth-order valence-corrected chi connectivity index (χ4v) is 6.63. The Labute approximate surface area is 321 Å². The monoisotopic (exact) mass is 721 g/mol. The van der Waals surface area contributed by atoms with Gasteiger partial charge in [-0.3, -0.25) is 0 Å². The lowest BCUT2D eigenvalue weighted by Crippen LogP contribution is -2.10. The third-order valence-corrected chi connectivity index (χ3v) is 9.73. The standard InChI is InChI=1S/C25H26N4.C14H21N3O.C7H8/c1-4-19-15-16-22(17-20(19)5-2)23-13-9-10-14-24(23)25-26-27-28-29(25)18(3)21-11-7-6-8-12-21;1-5-6-12-16-13-10(2)9-11(7-8-18-4)15-14(13)17(12)3;1-7-5-3-2-4-6-7/h6-18H,4-5H2,1-3H3;9H,5-8H2,1-4H3;2-6H,1H3. The van der Waals surface area contributed by atoms with Gasteiger partial charge < -0.3 is 9.30 Å². The van der Waals surface area contributed by atoms with Gasteiger partial charge in [0.05, 0.1) is 12.6 Å². The summed E-state index contributed by atoms with van der Waals surface area (Å²) in [6.45, 7) is 13.6. The third kappa shape index (κ3) is 9.74. The molecule has 280 valence electrons. The molecule has 0 saturated heterocycles. The second-order valence-corrected chi connectivity index (χ2v) is 13.6. The fraction of sp³-hybridized carbons (Fsp3) is 0.326. The van der Waals surface area contributed by atoms with E-state index in [4.69, 9.17) is 14.7 Å². The minimum absolute atomic E-state index is 0.0444. The number of ether oxygens (including phenoxy) is 1. The number of benzene rings is 4. The van der Waals surface area contributed by atoms with Gasteiger partial charge in [0.1, 0.15) is 11.3 Å². The van der Waals surface area contributed by atoms with Gasteiger partial charge in [0.25, 0.3) is 0 Å². The molecule has 0 amide bonds. The Bertz CT molecular complexity index is 2210. The van der Waals surface area contributed by atoms with Crippen molar-refractivity contribution in [3.63, 3.8) is 0 Å². The summed E-state index contributed by atoms with van der Waals surface area (Å²) < 4.78 is 9.13. The Morgan fingerprint density at radius 1 is 0.722 bits per heavy atom. The molecule has 0 fully saturated rings. The minimum Gasteiger partial charge on any atom is -0.384 e. The molecule has 3 aromatic heterocycles. The summed E-state index contributed by atoms with van der Waals surface area (Å²) in [6.07, 6.45) is 5.04. The van der Waals surface area contributed by atoms with Crippen LogP contribution in [0.15, 0.2) is 109 Å². The van der Waals surface area contributed by atoms with Crippen LogP contribution >= 0.6 is 0 Å². The van der Waals surface area contributed by atoms with Crippen molar-refractivity contribution in [2.45, 2.75) is 79.7 Å². The molecule has 0 aliphatic rings. The summed E-state index contributed by atoms with van der Waals surface area (Å²) in [5.74, 6) is 1.90. The molecule has 4 aromatic carbocycles. The van der Waals surface area contributed by atoms with Crippen LogP contribution in [0.3, 0.4) is 0 Å². The average molecular weight is 722 g/mol. The Hall–Kier alpha value is -5.47. The maximum atomic E-state index is 5.11. The minimum atomic E-state index is 0.0444. The van der Waals surface area contributed by atoms with E-state index in [1.165, 1.54) is 33.4 Å². The Morgan fingerprint density at radius 3 is 2.02 bits per heavy atom. The first-order valence-electron chi connectivity index (χ1n) is 19.2. The maximum absolute atomic E-state index is 5.11. The summed E-state index contributed by atoms with van der Waals surface area (Å²) in [7, 11) is 3.77. The second kappa shape index (κ2) is 19.6. The van der Waals surface area contributed by atoms with Crippen LogP contribution in [0.2, 0.25) is 0 Å². The molecule has 1 unspecified atom stereocenters. The molecule has 0 radical (unpaired) electrons. The first-order valence-corrected chi connectivity index (χ1v) is 19.2. The van der Waals surface area contributed by atoms with Gasteiger partial charge in [-0.1, -0.05) is 129 Å². The highest BCUT2D eigenvalue weighted by Crippen LogP contribution is 2.33. The lowest BCUT2D eigenvalue weighted by atomic mass is 9.93. The van der Waals surface area contributed by atoms with Crippen molar-refractivity contribution in [3.05, 3.63) is 149 Å². The molecular formula is C46H55N7O. The van der Waals surface area contributed by atoms with E-state index < -0.39 is 0 Å². The molecule has 8 heteroatoms. The molecule has 1 atom stereocenters. The van der Waals surface area contributed by atoms with Crippen molar-refractivity contribution in [2.24, 2.45) is 7.05 Å². The van der Waals surface area contributed by atoms with Crippen LogP contribution in [0.1, 0.15) is 79.5 Å². The number of hydrogen-bond donors (Lipinski definition) is 0. The molecule has 0 aliphatic heterocycles. The molecule has 0 bridgehead atoms. The number of imidazole rings is 1. The van der Waals surface area contributed by atoms with Gasteiger partial charge in [-0.2, -0.15) is 0 Å². The zero-order valence-electron chi connectivity index (χ0n) is 33.3. The quantitative estimate of drug-likeness (QED) is 0.132. The lowest BCUT2D eigenvalue weighted by Gasteiger charge is -2.16. The highest BCUT2D eigenvalue weighted by molar-refractivity contribution is 5.81. The van der Waals surface area contributed by atoms with E-state index in [9.17, 15) is 0 Å². The molecule has 0 N–H and O–H groups in total. The first kappa shape index (κ1) is 39.7. The molecule has 0 spiro atoms. The number of fused-ring (bicyclic) bond motifs is 1. The van der Waals surface area contributed by atoms with E-state index in [0.29, 0.717) is 6.61 Å². The van der Waals surface area contributed by atoms with Crippen molar-refractivity contribution in [2.75, 3.05) is 13.7 Å². The second-order valence-electron chi connectivity index (χ2n) is 13.6. The third-order valence-electron chi connectivity index (χ3n) is 9.73. The first-order chi connectivity index (χ1) is 26.3. The number of aryl methyl sites for hydroxylation is 6. The number of tetrazole rings is 1. The smallest absolute Gasteiger partial charge is 0.183 e. The van der Waals surface area contributed by atoms with E-state index in [0.717, 1.165) is 71.7 Å². The van der Waals surface area contributed by atoms with E-state index in [-0.39, 0.29) is 6.04 Å². The van der Waals surface area contributed by atoms with Gasteiger partial charge in [-0.25, -0.2) is 14.6 Å². The number of hydrogen-bond acceptors (Lipinski definition) is 6. The van der Waals surface area contributed by atoms with Crippen molar-refractivity contribution in [1.82, 2.24) is 34.7 Å². The van der Waals surface area contributed by atoms with Crippen molar-refractivity contribution in [1.29, 1.82) is 0 Å². The molecule has 7 aromatic rings. The number of methoxy groups -OCH3 is 1. The Morgan fingerprint density at radius 2 is 1.39 bits per heavy atom. The van der Waals surface area contributed by atoms with Crippen LogP contribution in [-0.4, -0.2) is 48.5 Å². The number of nitrogens with zero attached hydrogens (tertiary/aromatic N) is 7. The van der Waals surface area contributed by atoms with E-state index >= 15 is 0 Å². The van der Waals surface area contributed by atoms with Crippen molar-refractivity contribution < 1.29 is 4.74 Å². The highest BCUT2D eigenvalue weighted by atomic mass is 16.5. The van der Waals surface area contributed by atoms with Crippen LogP contribution < -0.4 is 0 Å². The molecule has 7 rings (SSSR count). The van der Waals surface area contributed by atoms with Crippen molar-refractivity contribution >= 4 is 11.2 Å². The van der Waals surface area contributed by atoms with Crippen LogP contribution in [0.5, 0.6) is 0 Å². The summed E-state index contributed by atoms with van der Waals surface area (Å²) in [5.41, 5.74) is 13.0. The van der Waals surface area contributed by atoms with Gasteiger partial charge in [0, 0.05) is 38.3 Å². The van der Waals surface area contributed by atoms with Crippen LogP contribution in [0.25, 0.3) is 33.7 Å². The molecule has 3 heterocycles. The van der Waals surface area contributed by atoms with Gasteiger partial charge >= 0.3 is 0 Å². The molecular weight excluding hydrogens is 667 g/mol. The zero-order valence-corrected chi connectivity index (χ0v) is 33.3. The van der Waals surface area contributed by atoms with Gasteiger partial charge in [0.15, 0.2) is 11.5 Å². The van der Waals surface area contributed by atoms with Gasteiger partial charge in [-0.05, 0) is 89.9 Å². The van der Waals surface area contributed by atoms with Crippen LogP contribution in [0.4, 0.5) is 0 Å². The normalized spacial score (nSPS) is 11.4. The van der Waals surface area contributed by atoms with Crippen LogP contribution in [0, 0.1) is 13.8 Å².